The second-order valence-corrected chi connectivity index (χ2v) is 4.00. The predicted octanol–water partition coefficient (Wildman–Crippen LogP) is 3.32. The molecule has 0 aliphatic heterocycles. The number of aryl methyl sites for hydroxylation is 1. The van der Waals surface area contributed by atoms with Crippen LogP contribution in [-0.2, 0) is 0 Å². The number of halogens is 1. The van der Waals surface area contributed by atoms with E-state index in [-0.39, 0.29) is 0 Å². The van der Waals surface area contributed by atoms with Crippen LogP contribution in [0.5, 0.6) is 5.75 Å². The monoisotopic (exact) mass is 268 g/mol. The molecule has 1 aromatic carbocycles. The van der Waals surface area contributed by atoms with Gasteiger partial charge in [-0.1, -0.05) is 0 Å². The fourth-order valence-electron chi connectivity index (χ4n) is 1.57. The number of furan rings is 1. The summed E-state index contributed by atoms with van der Waals surface area (Å²) in [6.07, 6.45) is 0.769. The Balaban J connectivity index is 2.86. The van der Waals surface area contributed by atoms with Crippen molar-refractivity contribution in [1.29, 1.82) is 0 Å². The molecular formula is C11H9BrO3. The van der Waals surface area contributed by atoms with Crippen LogP contribution in [-0.4, -0.2) is 13.4 Å². The van der Waals surface area contributed by atoms with Crippen LogP contribution in [0.25, 0.3) is 11.0 Å². The summed E-state index contributed by atoms with van der Waals surface area (Å²) in [5, 5.41) is 0.891. The summed E-state index contributed by atoms with van der Waals surface area (Å²) >= 11 is 3.37. The zero-order valence-corrected chi connectivity index (χ0v) is 9.92. The minimum atomic E-state index is 0.506. The fourth-order valence-corrected chi connectivity index (χ4v) is 2.27. The van der Waals surface area contributed by atoms with E-state index in [0.717, 1.165) is 17.4 Å². The molecule has 0 saturated carbocycles. The van der Waals surface area contributed by atoms with Crippen LogP contribution in [0.2, 0.25) is 0 Å². The first kappa shape index (κ1) is 10.2. The van der Waals surface area contributed by atoms with Gasteiger partial charge in [0.1, 0.15) is 16.0 Å². The van der Waals surface area contributed by atoms with E-state index in [4.69, 9.17) is 9.15 Å². The molecule has 0 bridgehead atoms. The summed E-state index contributed by atoms with van der Waals surface area (Å²) in [5.41, 5.74) is 1.22. The van der Waals surface area contributed by atoms with Gasteiger partial charge in [-0.15, -0.1) is 0 Å². The Hall–Kier alpha value is -1.29. The fraction of sp³-hybridized carbons (Fsp3) is 0.182. The van der Waals surface area contributed by atoms with Gasteiger partial charge >= 0.3 is 0 Å². The third-order valence-corrected chi connectivity index (χ3v) is 2.91. The van der Waals surface area contributed by atoms with Crippen LogP contribution < -0.4 is 4.74 Å². The number of hydrogen-bond acceptors (Lipinski definition) is 3. The van der Waals surface area contributed by atoms with E-state index in [0.29, 0.717) is 21.4 Å². The average molecular weight is 269 g/mol. The standard InChI is InChI=1S/C11H9BrO3/c1-6-3-7-4-8(5-13)10(14-2)9(12)11(7)15-6/h3-5H,1-2H3. The molecule has 1 aromatic heterocycles. The molecule has 0 aliphatic rings. The van der Waals surface area contributed by atoms with Gasteiger partial charge in [-0.25, -0.2) is 0 Å². The van der Waals surface area contributed by atoms with Crippen molar-refractivity contribution in [3.8, 4) is 5.75 Å². The number of fused-ring (bicyclic) bond motifs is 1. The van der Waals surface area contributed by atoms with Gasteiger partial charge in [-0.2, -0.15) is 0 Å². The minimum Gasteiger partial charge on any atom is -0.495 e. The highest BCUT2D eigenvalue weighted by molar-refractivity contribution is 9.10. The minimum absolute atomic E-state index is 0.506. The van der Waals surface area contributed by atoms with E-state index in [1.165, 1.54) is 7.11 Å². The van der Waals surface area contributed by atoms with Crippen LogP contribution in [0, 0.1) is 6.92 Å². The normalized spacial score (nSPS) is 10.6. The zero-order valence-electron chi connectivity index (χ0n) is 8.33. The van der Waals surface area contributed by atoms with E-state index in [9.17, 15) is 4.79 Å². The molecule has 78 valence electrons. The molecule has 0 N–H and O–H groups in total. The molecule has 0 atom stereocenters. The number of carbonyl (C=O) groups excluding carboxylic acids is 1. The van der Waals surface area contributed by atoms with Crippen molar-refractivity contribution in [2.45, 2.75) is 6.92 Å². The topological polar surface area (TPSA) is 39.4 Å². The maximum absolute atomic E-state index is 10.9. The molecule has 1 heterocycles. The van der Waals surface area contributed by atoms with Crippen LogP contribution >= 0.6 is 15.9 Å². The molecule has 4 heteroatoms. The number of methoxy groups -OCH3 is 1. The number of carbonyl (C=O) groups is 1. The smallest absolute Gasteiger partial charge is 0.153 e. The van der Waals surface area contributed by atoms with Gasteiger partial charge in [0.25, 0.3) is 0 Å². The van der Waals surface area contributed by atoms with Crippen LogP contribution in [0.4, 0.5) is 0 Å². The second-order valence-electron chi connectivity index (χ2n) is 3.21. The first-order valence-corrected chi connectivity index (χ1v) is 5.18. The molecule has 0 aliphatic carbocycles. The molecule has 0 saturated heterocycles. The molecule has 0 radical (unpaired) electrons. The number of hydrogen-bond donors (Lipinski definition) is 0. The highest BCUT2D eigenvalue weighted by Gasteiger charge is 2.14. The van der Waals surface area contributed by atoms with E-state index < -0.39 is 0 Å². The summed E-state index contributed by atoms with van der Waals surface area (Å²) in [6, 6.07) is 3.63. The largest absolute Gasteiger partial charge is 0.495 e. The average Bonchev–Trinajstić information content (AvgIpc) is 2.59. The number of benzene rings is 1. The predicted molar refractivity (Wildman–Crippen MR) is 60.6 cm³/mol. The number of rotatable bonds is 2. The highest BCUT2D eigenvalue weighted by Crippen LogP contribution is 2.37. The van der Waals surface area contributed by atoms with Gasteiger partial charge in [0.15, 0.2) is 11.9 Å². The van der Waals surface area contributed by atoms with Crippen molar-refractivity contribution >= 4 is 33.2 Å². The Morgan fingerprint density at radius 3 is 2.80 bits per heavy atom. The first-order valence-electron chi connectivity index (χ1n) is 4.39. The van der Waals surface area contributed by atoms with E-state index in [1.807, 2.05) is 13.0 Å². The maximum Gasteiger partial charge on any atom is 0.153 e. The van der Waals surface area contributed by atoms with Gasteiger partial charge < -0.3 is 9.15 Å². The maximum atomic E-state index is 10.9. The van der Waals surface area contributed by atoms with Crippen molar-refractivity contribution in [3.63, 3.8) is 0 Å². The quantitative estimate of drug-likeness (QED) is 0.785. The Kier molecular flexibility index (Phi) is 2.52. The van der Waals surface area contributed by atoms with Crippen LogP contribution in [0.15, 0.2) is 21.0 Å². The summed E-state index contributed by atoms with van der Waals surface area (Å²) in [6.45, 7) is 1.86. The second kappa shape index (κ2) is 3.70. The van der Waals surface area contributed by atoms with Gasteiger partial charge in [0.05, 0.1) is 12.7 Å². The van der Waals surface area contributed by atoms with E-state index >= 15 is 0 Å². The molecule has 2 rings (SSSR count). The number of ether oxygens (including phenoxy) is 1. The lowest BCUT2D eigenvalue weighted by atomic mass is 10.1. The highest BCUT2D eigenvalue weighted by atomic mass is 79.9. The van der Waals surface area contributed by atoms with Gasteiger partial charge in [0.2, 0.25) is 0 Å². The number of aldehydes is 1. The molecule has 3 nitrogen and oxygen atoms in total. The van der Waals surface area contributed by atoms with E-state index in [2.05, 4.69) is 15.9 Å². The lowest BCUT2D eigenvalue weighted by Crippen LogP contribution is -1.91. The molecular weight excluding hydrogens is 260 g/mol. The zero-order chi connectivity index (χ0) is 11.0. The molecule has 2 aromatic rings. The Morgan fingerprint density at radius 1 is 1.47 bits per heavy atom. The van der Waals surface area contributed by atoms with Crippen molar-refractivity contribution < 1.29 is 13.9 Å². The van der Waals surface area contributed by atoms with Crippen molar-refractivity contribution in [2.75, 3.05) is 7.11 Å². The van der Waals surface area contributed by atoms with E-state index in [1.54, 1.807) is 6.07 Å². The lowest BCUT2D eigenvalue weighted by Gasteiger charge is -2.05. The lowest BCUT2D eigenvalue weighted by molar-refractivity contribution is 0.112. The Labute approximate surface area is 95.1 Å². The Bertz CT molecular complexity index is 528. The van der Waals surface area contributed by atoms with Gasteiger partial charge in [-0.3, -0.25) is 4.79 Å². The van der Waals surface area contributed by atoms with Crippen molar-refractivity contribution in [3.05, 3.63) is 27.9 Å². The molecule has 0 fully saturated rings. The summed E-state index contributed by atoms with van der Waals surface area (Å²) < 4.78 is 11.3. The first-order chi connectivity index (χ1) is 7.17. The van der Waals surface area contributed by atoms with Crippen LogP contribution in [0.3, 0.4) is 0 Å². The molecule has 0 unspecified atom stereocenters. The molecule has 15 heavy (non-hydrogen) atoms. The third kappa shape index (κ3) is 1.55. The van der Waals surface area contributed by atoms with Gasteiger partial charge in [0, 0.05) is 5.39 Å². The Morgan fingerprint density at radius 2 is 2.20 bits per heavy atom. The molecule has 0 spiro atoms. The van der Waals surface area contributed by atoms with Gasteiger partial charge in [-0.05, 0) is 35.0 Å². The SMILES string of the molecule is COc1c(C=O)cc2cc(C)oc2c1Br. The third-order valence-electron chi connectivity index (χ3n) is 2.19. The molecule has 0 amide bonds. The van der Waals surface area contributed by atoms with Crippen molar-refractivity contribution in [1.82, 2.24) is 0 Å². The summed E-state index contributed by atoms with van der Waals surface area (Å²) in [5.74, 6) is 1.31. The summed E-state index contributed by atoms with van der Waals surface area (Å²) in [7, 11) is 1.52. The van der Waals surface area contributed by atoms with Crippen LogP contribution in [0.1, 0.15) is 16.1 Å². The summed E-state index contributed by atoms with van der Waals surface area (Å²) in [4.78, 5) is 10.9. The van der Waals surface area contributed by atoms with Crippen molar-refractivity contribution in [2.24, 2.45) is 0 Å².